The highest BCUT2D eigenvalue weighted by atomic mass is 32.2. The second-order valence-corrected chi connectivity index (χ2v) is 6.55. The number of hydrogen-bond acceptors (Lipinski definition) is 4. The van der Waals surface area contributed by atoms with Gasteiger partial charge in [0.15, 0.2) is 0 Å². The number of aromatic nitrogens is 1. The summed E-state index contributed by atoms with van der Waals surface area (Å²) in [5, 5.41) is 0. The third kappa shape index (κ3) is 4.27. The van der Waals surface area contributed by atoms with Gasteiger partial charge in [-0.25, -0.2) is 13.4 Å². The summed E-state index contributed by atoms with van der Waals surface area (Å²) in [6.07, 6.45) is 2.79. The summed E-state index contributed by atoms with van der Waals surface area (Å²) < 4.78 is 29.8. The van der Waals surface area contributed by atoms with E-state index in [-0.39, 0.29) is 6.10 Å². The van der Waals surface area contributed by atoms with Crippen molar-refractivity contribution in [2.75, 3.05) is 18.1 Å². The predicted octanol–water partition coefficient (Wildman–Crippen LogP) is 2.83. The molecule has 0 aliphatic rings. The number of nitrogens with zero attached hydrogens (tertiary/aromatic N) is 1. The first-order valence-electron chi connectivity index (χ1n) is 6.46. The minimum atomic E-state index is -3.30. The van der Waals surface area contributed by atoms with E-state index in [1.165, 1.54) is 0 Å². The van der Waals surface area contributed by atoms with Crippen LogP contribution in [-0.4, -0.2) is 26.8 Å². The summed E-state index contributed by atoms with van der Waals surface area (Å²) in [7, 11) is -1.62. The molecule has 0 aliphatic heterocycles. The van der Waals surface area contributed by atoms with E-state index in [0.29, 0.717) is 5.82 Å². The van der Waals surface area contributed by atoms with Crippen LogP contribution in [0.1, 0.15) is 18.6 Å². The van der Waals surface area contributed by atoms with Gasteiger partial charge in [-0.2, -0.15) is 0 Å². The molecule has 0 saturated carbocycles. The van der Waals surface area contributed by atoms with Crippen LogP contribution in [0.4, 0.5) is 5.82 Å². The van der Waals surface area contributed by atoms with Crippen LogP contribution in [0.15, 0.2) is 42.6 Å². The van der Waals surface area contributed by atoms with Crippen molar-refractivity contribution < 1.29 is 13.2 Å². The summed E-state index contributed by atoms with van der Waals surface area (Å²) in [5.74, 6) is 0.311. The Morgan fingerprint density at radius 1 is 1.10 bits per heavy atom. The van der Waals surface area contributed by atoms with Gasteiger partial charge in [0, 0.05) is 18.9 Å². The first-order valence-corrected chi connectivity index (χ1v) is 8.35. The Bertz CT molecular complexity index is 695. The maximum Gasteiger partial charge on any atom is 0.230 e. The molecule has 5 nitrogen and oxygen atoms in total. The molecular weight excluding hydrogens is 288 g/mol. The van der Waals surface area contributed by atoms with Crippen LogP contribution in [-0.2, 0) is 14.8 Å². The highest BCUT2D eigenvalue weighted by Crippen LogP contribution is 2.23. The van der Waals surface area contributed by atoms with Gasteiger partial charge in [0.2, 0.25) is 10.0 Å². The van der Waals surface area contributed by atoms with E-state index in [4.69, 9.17) is 4.74 Å². The van der Waals surface area contributed by atoms with Gasteiger partial charge < -0.3 is 4.74 Å². The van der Waals surface area contributed by atoms with E-state index in [0.717, 1.165) is 22.9 Å². The third-order valence-corrected chi connectivity index (χ3v) is 3.70. The number of anilines is 1. The van der Waals surface area contributed by atoms with Crippen LogP contribution in [0.3, 0.4) is 0 Å². The van der Waals surface area contributed by atoms with Crippen molar-refractivity contribution in [2.24, 2.45) is 0 Å². The Labute approximate surface area is 125 Å². The van der Waals surface area contributed by atoms with E-state index in [1.54, 1.807) is 19.4 Å². The number of benzene rings is 1. The van der Waals surface area contributed by atoms with Crippen molar-refractivity contribution in [3.05, 3.63) is 48.2 Å². The standard InChI is InChI=1S/C15H18N2O3S/c1-11(20-2)12-4-6-13(7-5-12)14-8-9-15(16-10-14)17-21(3,18)19/h4-11H,1-3H3,(H,16,17)/t11-/m1/s1. The Morgan fingerprint density at radius 3 is 2.19 bits per heavy atom. The van der Waals surface area contributed by atoms with E-state index in [2.05, 4.69) is 9.71 Å². The maximum atomic E-state index is 11.1. The zero-order valence-electron chi connectivity index (χ0n) is 12.2. The van der Waals surface area contributed by atoms with E-state index >= 15 is 0 Å². The second-order valence-electron chi connectivity index (χ2n) is 4.81. The number of rotatable bonds is 5. The van der Waals surface area contributed by atoms with Crippen molar-refractivity contribution in [1.29, 1.82) is 0 Å². The van der Waals surface area contributed by atoms with Gasteiger partial charge in [0.1, 0.15) is 5.82 Å². The summed E-state index contributed by atoms with van der Waals surface area (Å²) in [6.45, 7) is 1.99. The fourth-order valence-electron chi connectivity index (χ4n) is 1.90. The highest BCUT2D eigenvalue weighted by Gasteiger charge is 2.06. The lowest BCUT2D eigenvalue weighted by molar-refractivity contribution is 0.119. The fourth-order valence-corrected chi connectivity index (χ4v) is 2.40. The van der Waals surface area contributed by atoms with Crippen molar-refractivity contribution in [2.45, 2.75) is 13.0 Å². The zero-order chi connectivity index (χ0) is 15.5. The molecule has 21 heavy (non-hydrogen) atoms. The van der Waals surface area contributed by atoms with E-state index in [9.17, 15) is 8.42 Å². The van der Waals surface area contributed by atoms with Crippen LogP contribution in [0.25, 0.3) is 11.1 Å². The first-order chi connectivity index (χ1) is 9.89. The zero-order valence-corrected chi connectivity index (χ0v) is 13.0. The molecule has 0 bridgehead atoms. The van der Waals surface area contributed by atoms with Gasteiger partial charge in [-0.15, -0.1) is 0 Å². The lowest BCUT2D eigenvalue weighted by Gasteiger charge is -2.10. The molecule has 2 aromatic rings. The number of ether oxygens (including phenoxy) is 1. The van der Waals surface area contributed by atoms with Gasteiger partial charge in [0.25, 0.3) is 0 Å². The average molecular weight is 306 g/mol. The smallest absolute Gasteiger partial charge is 0.230 e. The molecule has 1 atom stereocenters. The molecule has 0 unspecified atom stereocenters. The quantitative estimate of drug-likeness (QED) is 0.922. The molecule has 112 valence electrons. The lowest BCUT2D eigenvalue weighted by atomic mass is 10.0. The second kappa shape index (κ2) is 6.24. The van der Waals surface area contributed by atoms with Crippen molar-refractivity contribution in [1.82, 2.24) is 4.98 Å². The van der Waals surface area contributed by atoms with Gasteiger partial charge in [-0.1, -0.05) is 24.3 Å². The summed E-state index contributed by atoms with van der Waals surface area (Å²) in [5.41, 5.74) is 3.04. The maximum absolute atomic E-state index is 11.1. The topological polar surface area (TPSA) is 68.3 Å². The fraction of sp³-hybridized carbons (Fsp3) is 0.267. The Balaban J connectivity index is 2.19. The molecule has 1 aromatic carbocycles. The van der Waals surface area contributed by atoms with Crippen molar-refractivity contribution in [3.8, 4) is 11.1 Å². The SMILES string of the molecule is CO[C@H](C)c1ccc(-c2ccc(NS(C)(=O)=O)nc2)cc1. The third-order valence-electron chi connectivity index (χ3n) is 3.12. The van der Waals surface area contributed by atoms with Crippen LogP contribution < -0.4 is 4.72 Å². The largest absolute Gasteiger partial charge is 0.377 e. The molecule has 0 radical (unpaired) electrons. The monoisotopic (exact) mass is 306 g/mol. The molecular formula is C15H18N2O3S. The van der Waals surface area contributed by atoms with Crippen molar-refractivity contribution >= 4 is 15.8 Å². The summed E-state index contributed by atoms with van der Waals surface area (Å²) >= 11 is 0. The minimum Gasteiger partial charge on any atom is -0.377 e. The van der Waals surface area contributed by atoms with Crippen molar-refractivity contribution in [3.63, 3.8) is 0 Å². The van der Waals surface area contributed by atoms with Gasteiger partial charge in [-0.05, 0) is 30.2 Å². The first kappa shape index (κ1) is 15.5. The van der Waals surface area contributed by atoms with E-state index < -0.39 is 10.0 Å². The number of hydrogen-bond donors (Lipinski definition) is 1. The van der Waals surface area contributed by atoms with Gasteiger partial charge in [0.05, 0.1) is 12.4 Å². The van der Waals surface area contributed by atoms with Crippen LogP contribution in [0, 0.1) is 0 Å². The molecule has 0 aliphatic carbocycles. The molecule has 0 spiro atoms. The van der Waals surface area contributed by atoms with Crippen LogP contribution in [0.2, 0.25) is 0 Å². The number of nitrogens with one attached hydrogen (secondary N) is 1. The number of methoxy groups -OCH3 is 1. The molecule has 0 saturated heterocycles. The molecule has 6 heteroatoms. The predicted molar refractivity (Wildman–Crippen MR) is 83.6 cm³/mol. The molecule has 1 heterocycles. The normalized spacial score (nSPS) is 12.9. The average Bonchev–Trinajstić information content (AvgIpc) is 2.46. The Hall–Kier alpha value is -1.92. The Morgan fingerprint density at radius 2 is 1.71 bits per heavy atom. The van der Waals surface area contributed by atoms with Gasteiger partial charge in [-0.3, -0.25) is 4.72 Å². The number of pyridine rings is 1. The van der Waals surface area contributed by atoms with Gasteiger partial charge >= 0.3 is 0 Å². The molecule has 0 fully saturated rings. The van der Waals surface area contributed by atoms with E-state index in [1.807, 2.05) is 37.3 Å². The highest BCUT2D eigenvalue weighted by molar-refractivity contribution is 7.92. The molecule has 0 amide bonds. The number of sulfonamides is 1. The Kier molecular flexibility index (Phi) is 4.59. The summed E-state index contributed by atoms with van der Waals surface area (Å²) in [6, 6.07) is 11.5. The molecule has 1 aromatic heterocycles. The van der Waals surface area contributed by atoms with Crippen LogP contribution in [0.5, 0.6) is 0 Å². The minimum absolute atomic E-state index is 0.0542. The molecule has 2 rings (SSSR count). The lowest BCUT2D eigenvalue weighted by Crippen LogP contribution is -2.10. The summed E-state index contributed by atoms with van der Waals surface area (Å²) in [4.78, 5) is 4.10. The molecule has 1 N–H and O–H groups in total. The van der Waals surface area contributed by atoms with Crippen LogP contribution >= 0.6 is 0 Å².